The van der Waals surface area contributed by atoms with Crippen molar-refractivity contribution in [1.82, 2.24) is 4.31 Å². The summed E-state index contributed by atoms with van der Waals surface area (Å²) in [7, 11) is -3.80. The van der Waals surface area contributed by atoms with E-state index in [9.17, 15) is 17.6 Å². The highest BCUT2D eigenvalue weighted by Crippen LogP contribution is 2.28. The number of halogens is 3. The second-order valence-corrected chi connectivity index (χ2v) is 9.84. The molecule has 30 heavy (non-hydrogen) atoms. The molecule has 1 heterocycles. The zero-order valence-corrected chi connectivity index (χ0v) is 18.3. The Kier molecular flexibility index (Phi) is 7.36. The number of aliphatic hydroxyl groups excluding tert-OH is 1. The van der Waals surface area contributed by atoms with Gasteiger partial charge in [0.05, 0.1) is 20.5 Å². The van der Waals surface area contributed by atoms with Crippen LogP contribution in [0.5, 0.6) is 0 Å². The van der Waals surface area contributed by atoms with Crippen molar-refractivity contribution in [1.29, 1.82) is 0 Å². The number of nitrogens with zero attached hydrogens (tertiary/aromatic N) is 1. The van der Waals surface area contributed by atoms with Crippen molar-refractivity contribution < 1.29 is 22.7 Å². The van der Waals surface area contributed by atoms with E-state index in [1.165, 1.54) is 34.6 Å². The van der Waals surface area contributed by atoms with E-state index >= 15 is 0 Å². The lowest BCUT2D eigenvalue weighted by Gasteiger charge is -2.31. The number of benzene rings is 2. The van der Waals surface area contributed by atoms with Gasteiger partial charge in [0.15, 0.2) is 0 Å². The van der Waals surface area contributed by atoms with Crippen LogP contribution in [0, 0.1) is 11.7 Å². The summed E-state index contributed by atoms with van der Waals surface area (Å²) in [5.74, 6) is -0.958. The number of amides is 1. The number of anilines is 1. The molecule has 0 unspecified atom stereocenters. The summed E-state index contributed by atoms with van der Waals surface area (Å²) in [6, 6.07) is 7.66. The molecule has 1 fully saturated rings. The molecule has 0 atom stereocenters. The normalized spacial score (nSPS) is 15.9. The van der Waals surface area contributed by atoms with Crippen molar-refractivity contribution in [3.05, 3.63) is 57.8 Å². The molecule has 6 nitrogen and oxygen atoms in total. The lowest BCUT2D eigenvalue weighted by molar-refractivity contribution is 0.102. The second kappa shape index (κ2) is 9.62. The molecule has 0 aromatic heterocycles. The monoisotopic (exact) mass is 474 g/mol. The zero-order chi connectivity index (χ0) is 21.9. The van der Waals surface area contributed by atoms with Crippen molar-refractivity contribution in [3.63, 3.8) is 0 Å². The molecule has 1 saturated heterocycles. The topological polar surface area (TPSA) is 86.7 Å². The van der Waals surface area contributed by atoms with Gasteiger partial charge in [-0.3, -0.25) is 4.79 Å². The number of piperidine rings is 1. The minimum Gasteiger partial charge on any atom is -0.396 e. The lowest BCUT2D eigenvalue weighted by atomic mass is 9.95. The van der Waals surface area contributed by atoms with Crippen LogP contribution in [-0.4, -0.2) is 43.4 Å². The van der Waals surface area contributed by atoms with Crippen LogP contribution >= 0.6 is 23.2 Å². The first-order chi connectivity index (χ1) is 14.2. The summed E-state index contributed by atoms with van der Waals surface area (Å²) in [6.07, 6.45) is 2.00. The summed E-state index contributed by atoms with van der Waals surface area (Å²) in [5, 5.41) is 11.5. The van der Waals surface area contributed by atoms with Crippen LogP contribution in [0.2, 0.25) is 10.0 Å². The first kappa shape index (κ1) is 23.0. The van der Waals surface area contributed by atoms with E-state index < -0.39 is 21.7 Å². The summed E-state index contributed by atoms with van der Waals surface area (Å²) in [6.45, 7) is 0.794. The summed E-state index contributed by atoms with van der Waals surface area (Å²) in [5.41, 5.74) is 0.232. The first-order valence-electron chi connectivity index (χ1n) is 9.39. The summed E-state index contributed by atoms with van der Waals surface area (Å²) >= 11 is 11.8. The number of carbonyl (C=O) groups is 1. The SMILES string of the molecule is O=C(Nc1ccc(F)c(Cl)c1)c1cc(S(=O)(=O)N2CCC(CCO)CC2)ccc1Cl. The Morgan fingerprint density at radius 3 is 2.47 bits per heavy atom. The lowest BCUT2D eigenvalue weighted by Crippen LogP contribution is -2.38. The molecule has 2 N–H and O–H groups in total. The molecule has 1 aliphatic heterocycles. The quantitative estimate of drug-likeness (QED) is 0.657. The first-order valence-corrected chi connectivity index (χ1v) is 11.6. The molecule has 0 radical (unpaired) electrons. The van der Waals surface area contributed by atoms with Crippen LogP contribution in [0.25, 0.3) is 0 Å². The number of sulfonamides is 1. The molecule has 0 bridgehead atoms. The molecule has 0 saturated carbocycles. The van der Waals surface area contributed by atoms with Crippen LogP contribution < -0.4 is 5.32 Å². The van der Waals surface area contributed by atoms with E-state index in [0.29, 0.717) is 38.3 Å². The maximum Gasteiger partial charge on any atom is 0.257 e. The van der Waals surface area contributed by atoms with E-state index in [0.717, 1.165) is 6.07 Å². The Morgan fingerprint density at radius 2 is 1.83 bits per heavy atom. The summed E-state index contributed by atoms with van der Waals surface area (Å²) < 4.78 is 40.7. The Labute approximate surface area is 184 Å². The molecule has 0 aliphatic carbocycles. The van der Waals surface area contributed by atoms with E-state index in [-0.39, 0.29) is 32.8 Å². The molecule has 0 spiro atoms. The number of carbonyl (C=O) groups excluding carboxylic acids is 1. The van der Waals surface area contributed by atoms with Gasteiger partial charge in [0.1, 0.15) is 5.82 Å². The maximum atomic E-state index is 13.3. The zero-order valence-electron chi connectivity index (χ0n) is 15.9. The molecular formula is C20H21Cl2FN2O4S. The third kappa shape index (κ3) is 5.12. The Balaban J connectivity index is 1.80. The fourth-order valence-electron chi connectivity index (χ4n) is 3.38. The fourth-order valence-corrected chi connectivity index (χ4v) is 5.26. The fraction of sp³-hybridized carbons (Fsp3) is 0.350. The van der Waals surface area contributed by atoms with Crippen molar-refractivity contribution >= 4 is 44.8 Å². The Hall–Kier alpha value is -1.71. The van der Waals surface area contributed by atoms with Crippen molar-refractivity contribution in [3.8, 4) is 0 Å². The van der Waals surface area contributed by atoms with E-state index in [1.807, 2.05) is 0 Å². The van der Waals surface area contributed by atoms with Crippen molar-refractivity contribution in [2.75, 3.05) is 25.0 Å². The van der Waals surface area contributed by atoms with Crippen LogP contribution in [0.4, 0.5) is 10.1 Å². The highest BCUT2D eigenvalue weighted by Gasteiger charge is 2.30. The standard InChI is InChI=1S/C20H21Cl2FN2O4S/c21-17-3-2-15(30(28,29)25-8-5-13(6-9-25)7-10-26)12-16(17)20(27)24-14-1-4-19(23)18(22)11-14/h1-4,11-13,26H,5-10H2,(H,24,27). The van der Waals surface area contributed by atoms with Gasteiger partial charge in [0, 0.05) is 25.4 Å². The highest BCUT2D eigenvalue weighted by atomic mass is 35.5. The molecule has 2 aromatic rings. The van der Waals surface area contributed by atoms with Crippen molar-refractivity contribution in [2.24, 2.45) is 5.92 Å². The molecule has 2 aromatic carbocycles. The van der Waals surface area contributed by atoms with Crippen LogP contribution in [0.3, 0.4) is 0 Å². The van der Waals surface area contributed by atoms with Gasteiger partial charge in [0.2, 0.25) is 10.0 Å². The van der Waals surface area contributed by atoms with Gasteiger partial charge in [-0.25, -0.2) is 12.8 Å². The number of hydrogen-bond donors (Lipinski definition) is 2. The maximum absolute atomic E-state index is 13.3. The molecular weight excluding hydrogens is 454 g/mol. The largest absolute Gasteiger partial charge is 0.396 e. The van der Waals surface area contributed by atoms with Gasteiger partial charge in [-0.05, 0) is 61.6 Å². The Morgan fingerprint density at radius 1 is 1.13 bits per heavy atom. The number of hydrogen-bond acceptors (Lipinski definition) is 4. The van der Waals surface area contributed by atoms with Crippen LogP contribution in [0.1, 0.15) is 29.6 Å². The van der Waals surface area contributed by atoms with Gasteiger partial charge in [-0.1, -0.05) is 23.2 Å². The van der Waals surface area contributed by atoms with E-state index in [4.69, 9.17) is 28.3 Å². The average Bonchev–Trinajstić information content (AvgIpc) is 2.71. The van der Waals surface area contributed by atoms with Gasteiger partial charge in [-0.15, -0.1) is 0 Å². The molecule has 10 heteroatoms. The number of rotatable bonds is 6. The minimum absolute atomic E-state index is 0.0200. The predicted molar refractivity (Wildman–Crippen MR) is 114 cm³/mol. The molecule has 3 rings (SSSR count). The molecule has 1 amide bonds. The average molecular weight is 475 g/mol. The van der Waals surface area contributed by atoms with Crippen LogP contribution in [-0.2, 0) is 10.0 Å². The van der Waals surface area contributed by atoms with Gasteiger partial charge < -0.3 is 10.4 Å². The van der Waals surface area contributed by atoms with Gasteiger partial charge in [-0.2, -0.15) is 4.31 Å². The van der Waals surface area contributed by atoms with E-state index in [1.54, 1.807) is 0 Å². The third-order valence-electron chi connectivity index (χ3n) is 5.11. The van der Waals surface area contributed by atoms with Crippen LogP contribution in [0.15, 0.2) is 41.3 Å². The van der Waals surface area contributed by atoms with E-state index in [2.05, 4.69) is 5.32 Å². The number of aliphatic hydroxyl groups is 1. The van der Waals surface area contributed by atoms with Crippen molar-refractivity contribution in [2.45, 2.75) is 24.2 Å². The predicted octanol–water partition coefficient (Wildman–Crippen LogP) is 4.17. The minimum atomic E-state index is -3.80. The Bertz CT molecular complexity index is 1040. The van der Waals surface area contributed by atoms with Gasteiger partial charge in [0.25, 0.3) is 5.91 Å². The molecule has 162 valence electrons. The van der Waals surface area contributed by atoms with Gasteiger partial charge >= 0.3 is 0 Å². The summed E-state index contributed by atoms with van der Waals surface area (Å²) in [4.78, 5) is 12.6. The number of nitrogens with one attached hydrogen (secondary N) is 1. The molecule has 1 aliphatic rings. The highest BCUT2D eigenvalue weighted by molar-refractivity contribution is 7.89. The third-order valence-corrected chi connectivity index (χ3v) is 7.62. The second-order valence-electron chi connectivity index (χ2n) is 7.08. The smallest absolute Gasteiger partial charge is 0.257 e.